The van der Waals surface area contributed by atoms with Crippen molar-refractivity contribution in [1.82, 2.24) is 5.32 Å². The van der Waals surface area contributed by atoms with Crippen LogP contribution in [-0.4, -0.2) is 25.9 Å². The Kier molecular flexibility index (Phi) is 4.81. The first kappa shape index (κ1) is 9.68. The number of esters is 1. The molecule has 62 valence electrons. The van der Waals surface area contributed by atoms with Gasteiger partial charge in [-0.25, -0.2) is 4.79 Å². The van der Waals surface area contributed by atoms with E-state index in [0.717, 1.165) is 0 Å². The van der Waals surface area contributed by atoms with E-state index in [-0.39, 0.29) is 6.54 Å². The van der Waals surface area contributed by atoms with Crippen LogP contribution in [0.5, 0.6) is 0 Å². The zero-order chi connectivity index (χ0) is 8.69. The predicted octanol–water partition coefficient (Wildman–Crippen LogP) is -0.148. The van der Waals surface area contributed by atoms with Gasteiger partial charge in [-0.3, -0.25) is 0 Å². The Morgan fingerprint density at radius 3 is 2.73 bits per heavy atom. The van der Waals surface area contributed by atoms with Gasteiger partial charge in [0.15, 0.2) is 0 Å². The predicted molar refractivity (Wildman–Crippen MR) is 39.8 cm³/mol. The van der Waals surface area contributed by atoms with Crippen molar-refractivity contribution in [2.75, 3.05) is 13.7 Å². The van der Waals surface area contributed by atoms with Crippen molar-refractivity contribution in [2.24, 2.45) is 0 Å². The molecule has 0 rings (SSSR count). The number of hydrogen-bond donors (Lipinski definition) is 1. The minimum atomic E-state index is -0.430. The Bertz CT molecular complexity index is 175. The molecule has 0 aliphatic carbocycles. The lowest BCUT2D eigenvalue weighted by Crippen LogP contribution is -2.14. The number of allylic oxidation sites excluding steroid dienone is 1. The maximum Gasteiger partial charge on any atom is 0.332 e. The van der Waals surface area contributed by atoms with Gasteiger partial charge < -0.3 is 14.8 Å². The monoisotopic (exact) mass is 157 g/mol. The number of aldehydes is 1. The molecular formula is C7H11NO3. The fourth-order valence-electron chi connectivity index (χ4n) is 0.489. The molecule has 0 spiro atoms. The molecular weight excluding hydrogens is 146 g/mol. The van der Waals surface area contributed by atoms with E-state index in [0.29, 0.717) is 12.0 Å². The molecule has 4 heteroatoms. The molecule has 0 amide bonds. The first-order valence-electron chi connectivity index (χ1n) is 3.14. The van der Waals surface area contributed by atoms with Gasteiger partial charge in [0.25, 0.3) is 0 Å². The Hall–Kier alpha value is -1.32. The zero-order valence-corrected chi connectivity index (χ0v) is 6.59. The van der Waals surface area contributed by atoms with Crippen LogP contribution in [-0.2, 0) is 14.3 Å². The molecule has 0 heterocycles. The smallest absolute Gasteiger partial charge is 0.332 e. The number of methoxy groups -OCH3 is 1. The van der Waals surface area contributed by atoms with Crippen LogP contribution in [0, 0.1) is 0 Å². The SMILES string of the molecule is COC(=O)C=C(C)NCC=O. The molecule has 0 aliphatic rings. The van der Waals surface area contributed by atoms with Crippen molar-refractivity contribution in [3.8, 4) is 0 Å². The quantitative estimate of drug-likeness (QED) is 0.350. The van der Waals surface area contributed by atoms with Gasteiger partial charge in [-0.2, -0.15) is 0 Å². The number of carbonyl (C=O) groups excluding carboxylic acids is 2. The molecule has 0 bridgehead atoms. The fraction of sp³-hybridized carbons (Fsp3) is 0.429. The van der Waals surface area contributed by atoms with Crippen LogP contribution in [0.3, 0.4) is 0 Å². The highest BCUT2D eigenvalue weighted by Crippen LogP contribution is 1.86. The highest BCUT2D eigenvalue weighted by molar-refractivity contribution is 5.82. The minimum absolute atomic E-state index is 0.208. The minimum Gasteiger partial charge on any atom is -0.466 e. The molecule has 0 unspecified atom stereocenters. The molecule has 0 saturated carbocycles. The van der Waals surface area contributed by atoms with Gasteiger partial charge in [0, 0.05) is 11.8 Å². The van der Waals surface area contributed by atoms with E-state index in [9.17, 15) is 9.59 Å². The summed E-state index contributed by atoms with van der Waals surface area (Å²) in [6.45, 7) is 1.89. The van der Waals surface area contributed by atoms with Crippen molar-refractivity contribution in [3.05, 3.63) is 11.8 Å². The highest BCUT2D eigenvalue weighted by Gasteiger charge is 1.94. The molecule has 0 saturated heterocycles. The molecule has 1 N–H and O–H groups in total. The van der Waals surface area contributed by atoms with Gasteiger partial charge in [-0.15, -0.1) is 0 Å². The van der Waals surface area contributed by atoms with E-state index in [1.165, 1.54) is 13.2 Å². The second-order valence-corrected chi connectivity index (χ2v) is 1.90. The van der Waals surface area contributed by atoms with Crippen LogP contribution < -0.4 is 5.32 Å². The van der Waals surface area contributed by atoms with E-state index in [1.54, 1.807) is 6.92 Å². The van der Waals surface area contributed by atoms with E-state index >= 15 is 0 Å². The summed E-state index contributed by atoms with van der Waals surface area (Å²) in [5.74, 6) is -0.430. The lowest BCUT2D eigenvalue weighted by Gasteiger charge is -1.99. The molecule has 0 radical (unpaired) electrons. The number of rotatable bonds is 4. The topological polar surface area (TPSA) is 55.4 Å². The Balaban J connectivity index is 3.79. The number of nitrogens with one attached hydrogen (secondary N) is 1. The van der Waals surface area contributed by atoms with Crippen molar-refractivity contribution in [2.45, 2.75) is 6.92 Å². The van der Waals surface area contributed by atoms with Crippen molar-refractivity contribution in [1.29, 1.82) is 0 Å². The Morgan fingerprint density at radius 2 is 2.27 bits per heavy atom. The van der Waals surface area contributed by atoms with Crippen molar-refractivity contribution in [3.63, 3.8) is 0 Å². The van der Waals surface area contributed by atoms with Crippen LogP contribution in [0.4, 0.5) is 0 Å². The first-order chi connectivity index (χ1) is 5.20. The summed E-state index contributed by atoms with van der Waals surface area (Å²) in [4.78, 5) is 20.4. The molecule has 0 aromatic heterocycles. The molecule has 11 heavy (non-hydrogen) atoms. The summed E-state index contributed by atoms with van der Waals surface area (Å²) in [5, 5.41) is 2.69. The van der Waals surface area contributed by atoms with Crippen LogP contribution in [0.1, 0.15) is 6.92 Å². The van der Waals surface area contributed by atoms with Gasteiger partial charge in [0.2, 0.25) is 0 Å². The van der Waals surface area contributed by atoms with Gasteiger partial charge >= 0.3 is 5.97 Å². The third-order valence-corrected chi connectivity index (χ3v) is 1.000. The van der Waals surface area contributed by atoms with Crippen LogP contribution in [0.2, 0.25) is 0 Å². The third kappa shape index (κ3) is 5.14. The van der Waals surface area contributed by atoms with Crippen molar-refractivity contribution >= 4 is 12.3 Å². The summed E-state index contributed by atoms with van der Waals surface area (Å²) in [6, 6.07) is 0. The van der Waals surface area contributed by atoms with Crippen LogP contribution in [0.25, 0.3) is 0 Å². The summed E-state index contributed by atoms with van der Waals surface area (Å²) in [6.07, 6.45) is 2.00. The lowest BCUT2D eigenvalue weighted by atomic mass is 10.4. The fourth-order valence-corrected chi connectivity index (χ4v) is 0.489. The maximum absolute atomic E-state index is 10.6. The van der Waals surface area contributed by atoms with E-state index < -0.39 is 5.97 Å². The maximum atomic E-state index is 10.6. The average molecular weight is 157 g/mol. The summed E-state index contributed by atoms with van der Waals surface area (Å²) in [5.41, 5.74) is 0.615. The second kappa shape index (κ2) is 5.46. The summed E-state index contributed by atoms with van der Waals surface area (Å²) in [7, 11) is 1.30. The van der Waals surface area contributed by atoms with E-state index in [4.69, 9.17) is 0 Å². The molecule has 0 aromatic rings. The molecule has 0 aliphatic heterocycles. The van der Waals surface area contributed by atoms with Gasteiger partial charge in [-0.1, -0.05) is 0 Å². The highest BCUT2D eigenvalue weighted by atomic mass is 16.5. The van der Waals surface area contributed by atoms with E-state index in [1.807, 2.05) is 0 Å². The lowest BCUT2D eigenvalue weighted by molar-refractivity contribution is -0.134. The molecule has 0 fully saturated rings. The zero-order valence-electron chi connectivity index (χ0n) is 6.59. The number of carbonyl (C=O) groups is 2. The summed E-state index contributed by atoms with van der Waals surface area (Å²) < 4.78 is 4.36. The first-order valence-corrected chi connectivity index (χ1v) is 3.14. The molecule has 0 atom stereocenters. The van der Waals surface area contributed by atoms with Gasteiger partial charge in [0.05, 0.1) is 13.7 Å². The average Bonchev–Trinajstić information content (AvgIpc) is 2.00. The number of ether oxygens (including phenoxy) is 1. The molecule has 0 aromatic carbocycles. The van der Waals surface area contributed by atoms with Crippen LogP contribution in [0.15, 0.2) is 11.8 Å². The standard InChI is InChI=1S/C7H11NO3/c1-6(8-3-4-9)5-7(10)11-2/h4-5,8H,3H2,1-2H3. The largest absolute Gasteiger partial charge is 0.466 e. The third-order valence-electron chi connectivity index (χ3n) is 1.000. The van der Waals surface area contributed by atoms with Gasteiger partial charge in [-0.05, 0) is 6.92 Å². The Morgan fingerprint density at radius 1 is 1.64 bits per heavy atom. The van der Waals surface area contributed by atoms with Gasteiger partial charge in [0.1, 0.15) is 6.29 Å². The van der Waals surface area contributed by atoms with Crippen LogP contribution >= 0.6 is 0 Å². The van der Waals surface area contributed by atoms with E-state index in [2.05, 4.69) is 10.1 Å². The molecule has 4 nitrogen and oxygen atoms in total. The van der Waals surface area contributed by atoms with Crippen molar-refractivity contribution < 1.29 is 14.3 Å². The second-order valence-electron chi connectivity index (χ2n) is 1.90. The number of hydrogen-bond acceptors (Lipinski definition) is 4. The normalized spacial score (nSPS) is 10.5. The summed E-state index contributed by atoms with van der Waals surface area (Å²) >= 11 is 0. The Labute approximate surface area is 65.2 Å².